The summed E-state index contributed by atoms with van der Waals surface area (Å²) in [6.45, 7) is 4.79. The van der Waals surface area contributed by atoms with Gasteiger partial charge in [0.25, 0.3) is 5.91 Å². The average Bonchev–Trinajstić information content (AvgIpc) is 2.91. The number of fused-ring (bicyclic) bond motifs is 1. The molecule has 1 saturated heterocycles. The van der Waals surface area contributed by atoms with Crippen molar-refractivity contribution in [1.82, 2.24) is 4.90 Å². The minimum Gasteiger partial charge on any atom is -0.293 e. The molecule has 1 amide bonds. The molecule has 0 N–H and O–H groups in total. The Morgan fingerprint density at radius 2 is 2.07 bits per heavy atom. The summed E-state index contributed by atoms with van der Waals surface area (Å²) in [6.07, 6.45) is 2.39. The number of hydrogen-bond acceptors (Lipinski definition) is 3. The zero-order valence-corrected chi connectivity index (χ0v) is 15.9. The molecule has 2 heterocycles. The van der Waals surface area contributed by atoms with Crippen molar-refractivity contribution < 1.29 is 9.18 Å². The van der Waals surface area contributed by atoms with Crippen LogP contribution in [0.3, 0.4) is 0 Å². The van der Waals surface area contributed by atoms with E-state index < -0.39 is 5.82 Å². The van der Waals surface area contributed by atoms with E-state index >= 15 is 0 Å². The summed E-state index contributed by atoms with van der Waals surface area (Å²) < 4.78 is 13.4. The van der Waals surface area contributed by atoms with Crippen molar-refractivity contribution in [2.75, 3.05) is 24.7 Å². The van der Waals surface area contributed by atoms with Gasteiger partial charge in [-0.05, 0) is 49.6 Å². The molecule has 0 bridgehead atoms. The first-order valence-corrected chi connectivity index (χ1v) is 9.58. The van der Waals surface area contributed by atoms with E-state index in [2.05, 4.69) is 16.8 Å². The monoisotopic (exact) mass is 385 g/mol. The third-order valence-corrected chi connectivity index (χ3v) is 5.41. The fraction of sp³-hybridized carbons (Fsp3) is 0.333. The van der Waals surface area contributed by atoms with Crippen LogP contribution in [-0.4, -0.2) is 36.3 Å². The predicted molar refractivity (Wildman–Crippen MR) is 106 cm³/mol. The maximum absolute atomic E-state index is 13.4. The molecule has 2 aliphatic rings. The standard InChI is InChI=1S/C21H21ClFN3O/c1-14-5-4-10-25(12-14)13-26-19-7-3-2-6-16(19)20(21(26)27)24-15-8-9-18(23)17(22)11-15/h2-3,6-9,11,14H,4-5,10,12-13H2,1H3. The maximum Gasteiger partial charge on any atom is 0.278 e. The highest BCUT2D eigenvalue weighted by Crippen LogP contribution is 2.32. The number of benzene rings is 2. The lowest BCUT2D eigenvalue weighted by atomic mass is 10.0. The number of anilines is 1. The minimum atomic E-state index is -0.500. The number of hydrogen-bond donors (Lipinski definition) is 0. The molecule has 2 aliphatic heterocycles. The second kappa shape index (κ2) is 7.41. The minimum absolute atomic E-state index is 0.00487. The van der Waals surface area contributed by atoms with Crippen LogP contribution in [-0.2, 0) is 4.79 Å². The second-order valence-corrected chi connectivity index (χ2v) is 7.68. The normalized spacial score (nSPS) is 21.7. The SMILES string of the molecule is CC1CCCN(CN2C(=O)C(=Nc3ccc(F)c(Cl)c3)c3ccccc32)C1. The molecule has 4 nitrogen and oxygen atoms in total. The Hall–Kier alpha value is -2.24. The van der Waals surface area contributed by atoms with Gasteiger partial charge in [0.15, 0.2) is 0 Å². The molecule has 1 atom stereocenters. The Labute approximate surface area is 163 Å². The van der Waals surface area contributed by atoms with E-state index in [0.717, 1.165) is 30.8 Å². The Morgan fingerprint density at radius 3 is 2.85 bits per heavy atom. The number of halogens is 2. The highest BCUT2D eigenvalue weighted by atomic mass is 35.5. The summed E-state index contributed by atoms with van der Waals surface area (Å²) in [5, 5.41) is -0.00487. The number of rotatable bonds is 3. The van der Waals surface area contributed by atoms with Crippen LogP contribution < -0.4 is 4.90 Å². The molecule has 0 aliphatic carbocycles. The topological polar surface area (TPSA) is 35.9 Å². The van der Waals surface area contributed by atoms with Crippen molar-refractivity contribution in [2.24, 2.45) is 10.9 Å². The molecule has 2 aromatic carbocycles. The van der Waals surface area contributed by atoms with E-state index in [1.54, 1.807) is 4.90 Å². The van der Waals surface area contributed by atoms with Crippen LogP contribution in [0.4, 0.5) is 15.8 Å². The lowest BCUT2D eigenvalue weighted by molar-refractivity contribution is -0.112. The lowest BCUT2D eigenvalue weighted by Crippen LogP contribution is -2.45. The third-order valence-electron chi connectivity index (χ3n) is 5.12. The summed E-state index contributed by atoms with van der Waals surface area (Å²) >= 11 is 5.86. The molecule has 0 spiro atoms. The van der Waals surface area contributed by atoms with Crippen molar-refractivity contribution in [2.45, 2.75) is 19.8 Å². The second-order valence-electron chi connectivity index (χ2n) is 7.27. The van der Waals surface area contributed by atoms with Gasteiger partial charge in [0.05, 0.1) is 23.1 Å². The number of amides is 1. The number of likely N-dealkylation sites (tertiary alicyclic amines) is 1. The first kappa shape index (κ1) is 18.1. The molecule has 27 heavy (non-hydrogen) atoms. The quantitative estimate of drug-likeness (QED) is 0.771. The average molecular weight is 386 g/mol. The molecular weight excluding hydrogens is 365 g/mol. The van der Waals surface area contributed by atoms with Gasteiger partial charge in [0.1, 0.15) is 11.5 Å². The highest BCUT2D eigenvalue weighted by molar-refractivity contribution is 6.54. The van der Waals surface area contributed by atoms with Crippen LogP contribution in [0.5, 0.6) is 0 Å². The molecule has 140 valence electrons. The van der Waals surface area contributed by atoms with E-state index in [0.29, 0.717) is 24.0 Å². The zero-order valence-electron chi connectivity index (χ0n) is 15.2. The molecule has 1 fully saturated rings. The van der Waals surface area contributed by atoms with E-state index in [-0.39, 0.29) is 10.9 Å². The van der Waals surface area contributed by atoms with Gasteiger partial charge in [-0.1, -0.05) is 36.7 Å². The number of aliphatic imine (C=N–C) groups is 1. The Bertz CT molecular complexity index is 914. The Balaban J connectivity index is 1.67. The van der Waals surface area contributed by atoms with Crippen LogP contribution in [0, 0.1) is 11.7 Å². The first-order chi connectivity index (χ1) is 13.0. The first-order valence-electron chi connectivity index (χ1n) is 9.20. The fourth-order valence-corrected chi connectivity index (χ4v) is 3.98. The van der Waals surface area contributed by atoms with Crippen molar-refractivity contribution >= 4 is 34.6 Å². The van der Waals surface area contributed by atoms with Crippen LogP contribution in [0.2, 0.25) is 5.02 Å². The van der Waals surface area contributed by atoms with E-state index in [4.69, 9.17) is 11.6 Å². The number of piperidine rings is 1. The van der Waals surface area contributed by atoms with Crippen molar-refractivity contribution in [3.8, 4) is 0 Å². The van der Waals surface area contributed by atoms with Crippen LogP contribution in [0.1, 0.15) is 25.3 Å². The summed E-state index contributed by atoms with van der Waals surface area (Å²) in [4.78, 5) is 21.7. The molecule has 0 aromatic heterocycles. The smallest absolute Gasteiger partial charge is 0.278 e. The summed E-state index contributed by atoms with van der Waals surface area (Å²) in [7, 11) is 0. The molecule has 1 unspecified atom stereocenters. The van der Waals surface area contributed by atoms with E-state index in [1.165, 1.54) is 24.6 Å². The van der Waals surface area contributed by atoms with Gasteiger partial charge < -0.3 is 0 Å². The zero-order chi connectivity index (χ0) is 19.0. The van der Waals surface area contributed by atoms with Crippen LogP contribution in [0.25, 0.3) is 0 Å². The predicted octanol–water partition coefficient (Wildman–Crippen LogP) is 4.64. The van der Waals surface area contributed by atoms with Gasteiger partial charge in [-0.2, -0.15) is 0 Å². The Kier molecular flexibility index (Phi) is 4.98. The molecule has 6 heteroatoms. The molecule has 0 saturated carbocycles. The molecule has 4 rings (SSSR count). The van der Waals surface area contributed by atoms with Gasteiger partial charge >= 0.3 is 0 Å². The van der Waals surface area contributed by atoms with Gasteiger partial charge in [-0.15, -0.1) is 0 Å². The third kappa shape index (κ3) is 3.62. The van der Waals surface area contributed by atoms with Gasteiger partial charge in [-0.25, -0.2) is 9.38 Å². The molecule has 0 radical (unpaired) electrons. The van der Waals surface area contributed by atoms with E-state index in [9.17, 15) is 9.18 Å². The molecular formula is C21H21ClFN3O. The van der Waals surface area contributed by atoms with Crippen molar-refractivity contribution in [3.05, 3.63) is 58.9 Å². The highest BCUT2D eigenvalue weighted by Gasteiger charge is 2.35. The summed E-state index contributed by atoms with van der Waals surface area (Å²) in [5.74, 6) is 0.00989. The summed E-state index contributed by atoms with van der Waals surface area (Å²) in [5.41, 5.74) is 2.51. The number of carbonyl (C=O) groups is 1. The van der Waals surface area contributed by atoms with Crippen LogP contribution in [0.15, 0.2) is 47.5 Å². The fourth-order valence-electron chi connectivity index (χ4n) is 3.81. The maximum atomic E-state index is 13.4. The largest absolute Gasteiger partial charge is 0.293 e. The number of para-hydroxylation sites is 1. The lowest BCUT2D eigenvalue weighted by Gasteiger charge is -2.33. The molecule has 2 aromatic rings. The van der Waals surface area contributed by atoms with Gasteiger partial charge in [0, 0.05) is 12.1 Å². The van der Waals surface area contributed by atoms with Gasteiger partial charge in [-0.3, -0.25) is 14.6 Å². The number of nitrogens with zero attached hydrogens (tertiary/aromatic N) is 3. The van der Waals surface area contributed by atoms with Gasteiger partial charge in [0.2, 0.25) is 0 Å². The Morgan fingerprint density at radius 1 is 1.26 bits per heavy atom. The van der Waals surface area contributed by atoms with Crippen LogP contribution >= 0.6 is 11.6 Å². The number of carbonyl (C=O) groups excluding carboxylic acids is 1. The van der Waals surface area contributed by atoms with E-state index in [1.807, 2.05) is 24.3 Å². The van der Waals surface area contributed by atoms with Crippen molar-refractivity contribution in [1.29, 1.82) is 0 Å². The van der Waals surface area contributed by atoms with Crippen molar-refractivity contribution in [3.63, 3.8) is 0 Å². The summed E-state index contributed by atoms with van der Waals surface area (Å²) in [6, 6.07) is 11.9.